The minimum Gasteiger partial charge on any atom is -0.216 e. The molecule has 0 nitrogen and oxygen atoms in total. The summed E-state index contributed by atoms with van der Waals surface area (Å²) in [5.41, 5.74) is 0. The van der Waals surface area contributed by atoms with Gasteiger partial charge in [-0.3, -0.25) is 0 Å². The molecule has 2 aromatic rings. The van der Waals surface area contributed by atoms with Crippen LogP contribution in [-0.2, 0) is 0 Å². The molecule has 88 valence electrons. The Bertz CT molecular complexity index is 386. The van der Waals surface area contributed by atoms with Crippen LogP contribution in [0.3, 0.4) is 0 Å². The van der Waals surface area contributed by atoms with Gasteiger partial charge < -0.3 is 0 Å². The SMILES string of the molecule is C=CF.C[SiH](c1ccccc1)c1ccccc1. The molecule has 0 aromatic heterocycles. The van der Waals surface area contributed by atoms with Gasteiger partial charge in [-0.15, -0.1) is 0 Å². The summed E-state index contributed by atoms with van der Waals surface area (Å²) in [5, 5.41) is 3.03. The van der Waals surface area contributed by atoms with E-state index < -0.39 is 8.80 Å². The van der Waals surface area contributed by atoms with Gasteiger partial charge in [0, 0.05) is 0 Å². The van der Waals surface area contributed by atoms with Crippen LogP contribution < -0.4 is 10.4 Å². The molecule has 0 saturated heterocycles. The fraction of sp³-hybridized carbons (Fsp3) is 0.0667. The molecule has 0 saturated carbocycles. The Labute approximate surface area is 104 Å². The standard InChI is InChI=1S/C13H14Si.C2H3F/c1-14(12-8-4-2-5-9-12)13-10-6-3-7-11-13;1-2-3/h2-11,14H,1H3;2H,1H2. The van der Waals surface area contributed by atoms with Crippen molar-refractivity contribution in [2.24, 2.45) is 0 Å². The predicted molar refractivity (Wildman–Crippen MR) is 76.5 cm³/mol. The van der Waals surface area contributed by atoms with E-state index in [1.807, 2.05) is 0 Å². The van der Waals surface area contributed by atoms with E-state index in [1.54, 1.807) is 0 Å². The van der Waals surface area contributed by atoms with Crippen LogP contribution in [0.2, 0.25) is 6.55 Å². The fourth-order valence-corrected chi connectivity index (χ4v) is 3.66. The van der Waals surface area contributed by atoms with E-state index in [0.717, 1.165) is 0 Å². The molecule has 17 heavy (non-hydrogen) atoms. The highest BCUT2D eigenvalue weighted by Gasteiger charge is 2.07. The van der Waals surface area contributed by atoms with Crippen LogP contribution in [0.25, 0.3) is 0 Å². The average Bonchev–Trinajstić information content (AvgIpc) is 2.41. The summed E-state index contributed by atoms with van der Waals surface area (Å²) < 4.78 is 10.1. The lowest BCUT2D eigenvalue weighted by atomic mass is 10.4. The molecule has 0 aliphatic heterocycles. The van der Waals surface area contributed by atoms with Crippen molar-refractivity contribution in [3.05, 3.63) is 73.6 Å². The van der Waals surface area contributed by atoms with Crippen molar-refractivity contribution < 1.29 is 4.39 Å². The van der Waals surface area contributed by atoms with Crippen LogP contribution in [0.5, 0.6) is 0 Å². The van der Waals surface area contributed by atoms with Gasteiger partial charge in [-0.25, -0.2) is 4.39 Å². The number of hydrogen-bond donors (Lipinski definition) is 0. The molecule has 0 bridgehead atoms. The van der Waals surface area contributed by atoms with Crippen molar-refractivity contribution in [1.82, 2.24) is 0 Å². The summed E-state index contributed by atoms with van der Waals surface area (Å²) >= 11 is 0. The Kier molecular flexibility index (Phi) is 5.97. The Morgan fingerprint density at radius 2 is 1.18 bits per heavy atom. The Balaban J connectivity index is 0.000000437. The lowest BCUT2D eigenvalue weighted by molar-refractivity contribution is 0.725. The van der Waals surface area contributed by atoms with Crippen molar-refractivity contribution in [1.29, 1.82) is 0 Å². The molecule has 0 unspecified atom stereocenters. The molecule has 0 fully saturated rings. The summed E-state index contributed by atoms with van der Waals surface area (Å²) in [6.07, 6.45) is 0.250. The maximum absolute atomic E-state index is 10.1. The molecule has 0 aliphatic carbocycles. The van der Waals surface area contributed by atoms with Gasteiger partial charge in [0.2, 0.25) is 0 Å². The van der Waals surface area contributed by atoms with Crippen LogP contribution in [0.1, 0.15) is 0 Å². The average molecular weight is 244 g/mol. The third-order valence-electron chi connectivity index (χ3n) is 2.60. The molecule has 0 radical (unpaired) electrons. The molecule has 0 atom stereocenters. The maximum atomic E-state index is 10.1. The molecule has 2 rings (SSSR count). The van der Waals surface area contributed by atoms with Crippen LogP contribution in [-0.4, -0.2) is 8.80 Å². The van der Waals surface area contributed by atoms with E-state index in [9.17, 15) is 4.39 Å². The fourth-order valence-electron chi connectivity index (χ4n) is 1.68. The number of hydrogen-bond acceptors (Lipinski definition) is 0. The molecule has 0 heterocycles. The monoisotopic (exact) mass is 244 g/mol. The highest BCUT2D eigenvalue weighted by Crippen LogP contribution is 1.91. The van der Waals surface area contributed by atoms with Gasteiger partial charge >= 0.3 is 0 Å². The number of benzene rings is 2. The second-order valence-corrected chi connectivity index (χ2v) is 6.47. The second kappa shape index (κ2) is 7.58. The topological polar surface area (TPSA) is 0 Å². The first-order chi connectivity index (χ1) is 8.29. The molecular formula is C15H17FSi. The zero-order chi connectivity index (χ0) is 12.5. The summed E-state index contributed by atoms with van der Waals surface area (Å²) in [7, 11) is -0.919. The van der Waals surface area contributed by atoms with Crippen LogP contribution >= 0.6 is 0 Å². The zero-order valence-electron chi connectivity index (χ0n) is 10.0. The van der Waals surface area contributed by atoms with Gasteiger partial charge in [0.15, 0.2) is 0 Å². The molecule has 2 aromatic carbocycles. The van der Waals surface area contributed by atoms with E-state index in [1.165, 1.54) is 10.4 Å². The van der Waals surface area contributed by atoms with Gasteiger partial charge in [-0.05, 0) is 0 Å². The predicted octanol–water partition coefficient (Wildman–Crippen LogP) is 2.76. The van der Waals surface area contributed by atoms with Crippen molar-refractivity contribution >= 4 is 19.2 Å². The normalized spacial score (nSPS) is 9.35. The highest BCUT2D eigenvalue weighted by molar-refractivity contribution is 6.84. The number of halogens is 1. The maximum Gasteiger partial charge on any atom is 0.0997 e. The van der Waals surface area contributed by atoms with Gasteiger partial charge in [0.05, 0.1) is 15.1 Å². The van der Waals surface area contributed by atoms with Crippen LogP contribution in [0, 0.1) is 0 Å². The van der Waals surface area contributed by atoms with E-state index in [-0.39, 0.29) is 6.33 Å². The first kappa shape index (κ1) is 13.4. The lowest BCUT2D eigenvalue weighted by Crippen LogP contribution is -2.38. The zero-order valence-corrected chi connectivity index (χ0v) is 11.2. The summed E-state index contributed by atoms with van der Waals surface area (Å²) in [6.45, 7) is 5.07. The third-order valence-corrected chi connectivity index (χ3v) is 5.37. The highest BCUT2D eigenvalue weighted by atomic mass is 28.3. The second-order valence-electron chi connectivity index (χ2n) is 3.70. The number of rotatable bonds is 2. The molecule has 0 spiro atoms. The van der Waals surface area contributed by atoms with E-state index >= 15 is 0 Å². The van der Waals surface area contributed by atoms with E-state index in [0.29, 0.717) is 0 Å². The van der Waals surface area contributed by atoms with E-state index in [4.69, 9.17) is 0 Å². The van der Waals surface area contributed by atoms with Crippen molar-refractivity contribution in [3.63, 3.8) is 0 Å². The van der Waals surface area contributed by atoms with E-state index in [2.05, 4.69) is 73.8 Å². The lowest BCUT2D eigenvalue weighted by Gasteiger charge is -2.09. The first-order valence-corrected chi connectivity index (χ1v) is 7.91. The largest absolute Gasteiger partial charge is 0.216 e. The Hall–Kier alpha value is -1.67. The summed E-state index contributed by atoms with van der Waals surface area (Å²) in [5.74, 6) is 0. The van der Waals surface area contributed by atoms with Crippen LogP contribution in [0.15, 0.2) is 73.6 Å². The van der Waals surface area contributed by atoms with Crippen molar-refractivity contribution in [3.8, 4) is 0 Å². The van der Waals surface area contributed by atoms with Gasteiger partial charge in [-0.1, -0.05) is 84.2 Å². The van der Waals surface area contributed by atoms with Crippen molar-refractivity contribution in [2.45, 2.75) is 6.55 Å². The molecule has 0 aliphatic rings. The smallest absolute Gasteiger partial charge is 0.0997 e. The molecule has 2 heteroatoms. The first-order valence-electron chi connectivity index (χ1n) is 5.60. The summed E-state index contributed by atoms with van der Waals surface area (Å²) in [4.78, 5) is 0. The van der Waals surface area contributed by atoms with Gasteiger partial charge in [0.1, 0.15) is 0 Å². The van der Waals surface area contributed by atoms with Gasteiger partial charge in [0.25, 0.3) is 0 Å². The third kappa shape index (κ3) is 4.37. The molecule has 0 amide bonds. The Morgan fingerprint density at radius 3 is 1.47 bits per heavy atom. The summed E-state index contributed by atoms with van der Waals surface area (Å²) in [6, 6.07) is 21.6. The van der Waals surface area contributed by atoms with Crippen molar-refractivity contribution in [2.75, 3.05) is 0 Å². The minimum absolute atomic E-state index is 0.250. The quantitative estimate of drug-likeness (QED) is 0.713. The minimum atomic E-state index is -0.919. The van der Waals surface area contributed by atoms with Gasteiger partial charge in [-0.2, -0.15) is 0 Å². The molecule has 0 N–H and O–H groups in total. The Morgan fingerprint density at radius 1 is 0.882 bits per heavy atom. The van der Waals surface area contributed by atoms with Crippen LogP contribution in [0.4, 0.5) is 4.39 Å². The molecular weight excluding hydrogens is 227 g/mol.